The Hall–Kier alpha value is -5.46. The number of aromatic amines is 1. The molecule has 0 atom stereocenters. The summed E-state index contributed by atoms with van der Waals surface area (Å²) in [4.78, 5) is 43.8. The number of carbonyl (C=O) groups is 3. The summed E-state index contributed by atoms with van der Waals surface area (Å²) in [5, 5.41) is 9.98. The maximum atomic E-state index is 14.8. The molecule has 0 saturated heterocycles. The minimum Gasteiger partial charge on any atom is -0.457 e. The second-order valence-electron chi connectivity index (χ2n) is 10.7. The van der Waals surface area contributed by atoms with E-state index in [1.54, 1.807) is 52.0 Å². The second-order valence-corrected chi connectivity index (χ2v) is 10.7. The first kappa shape index (κ1) is 31.5. The first-order valence-corrected chi connectivity index (χ1v) is 13.6. The number of pyridine rings is 1. The van der Waals surface area contributed by atoms with E-state index in [9.17, 15) is 23.2 Å². The van der Waals surface area contributed by atoms with Crippen molar-refractivity contribution in [3.63, 3.8) is 0 Å². The van der Waals surface area contributed by atoms with Crippen molar-refractivity contribution >= 4 is 29.4 Å². The number of nitrogens with zero attached hydrogens (tertiary/aromatic N) is 1. The molecule has 4 aromatic rings. The molecule has 2 aromatic heterocycles. The van der Waals surface area contributed by atoms with E-state index in [2.05, 4.69) is 31.2 Å². The Balaban J connectivity index is 1.32. The minimum absolute atomic E-state index is 0.0289. The van der Waals surface area contributed by atoms with Gasteiger partial charge in [0.05, 0.1) is 28.3 Å². The van der Waals surface area contributed by atoms with Crippen LogP contribution in [0.1, 0.15) is 36.7 Å². The van der Waals surface area contributed by atoms with Gasteiger partial charge in [-0.05, 0) is 69.7 Å². The molecule has 0 aliphatic rings. The van der Waals surface area contributed by atoms with Gasteiger partial charge < -0.3 is 35.7 Å². The number of carbonyl (C=O) groups excluding carboxylic acids is 3. The van der Waals surface area contributed by atoms with Crippen LogP contribution in [0, 0.1) is 18.6 Å². The zero-order valence-corrected chi connectivity index (χ0v) is 24.5. The average molecular weight is 607 g/mol. The number of amides is 4. The van der Waals surface area contributed by atoms with E-state index >= 15 is 0 Å². The second kappa shape index (κ2) is 13.7. The summed E-state index contributed by atoms with van der Waals surface area (Å²) < 4.78 is 39.6. The predicted molar refractivity (Wildman–Crippen MR) is 161 cm³/mol. The Morgan fingerprint density at radius 3 is 2.34 bits per heavy atom. The van der Waals surface area contributed by atoms with Gasteiger partial charge in [0.25, 0.3) is 5.91 Å². The van der Waals surface area contributed by atoms with Gasteiger partial charge in [0, 0.05) is 37.6 Å². The SMILES string of the molecule is Cc1ccc(F)c(NC(=O)Nc2ccc(Oc3ccnc(-c4cc(C(=O)NCCNC(=O)OC(C)(C)C)c[nH]4)c3)cc2F)c1. The number of rotatable bonds is 9. The van der Waals surface area contributed by atoms with Crippen molar-refractivity contribution in [3.05, 3.63) is 89.8 Å². The van der Waals surface area contributed by atoms with Crippen molar-refractivity contribution in [2.45, 2.75) is 33.3 Å². The van der Waals surface area contributed by atoms with E-state index in [1.165, 1.54) is 36.7 Å². The molecule has 13 heteroatoms. The number of hydrogen-bond acceptors (Lipinski definition) is 6. The van der Waals surface area contributed by atoms with E-state index in [0.29, 0.717) is 22.7 Å². The van der Waals surface area contributed by atoms with Gasteiger partial charge in [0.2, 0.25) is 0 Å². The molecule has 4 amide bonds. The summed E-state index contributed by atoms with van der Waals surface area (Å²) in [6.45, 7) is 7.41. The number of ether oxygens (including phenoxy) is 2. The number of hydrogen-bond donors (Lipinski definition) is 5. The lowest BCUT2D eigenvalue weighted by atomic mass is 10.2. The van der Waals surface area contributed by atoms with Gasteiger partial charge in [-0.2, -0.15) is 0 Å². The molecule has 230 valence electrons. The van der Waals surface area contributed by atoms with E-state index in [-0.39, 0.29) is 36.1 Å². The lowest BCUT2D eigenvalue weighted by Gasteiger charge is -2.19. The first-order valence-electron chi connectivity index (χ1n) is 13.6. The Morgan fingerprint density at radius 1 is 0.864 bits per heavy atom. The fourth-order valence-electron chi connectivity index (χ4n) is 3.86. The molecular formula is C31H32F2N6O5. The summed E-state index contributed by atoms with van der Waals surface area (Å²) in [7, 11) is 0. The quantitative estimate of drug-likeness (QED) is 0.140. The molecule has 0 spiro atoms. The topological polar surface area (TPSA) is 146 Å². The summed E-state index contributed by atoms with van der Waals surface area (Å²) in [6.07, 6.45) is 2.44. The van der Waals surface area contributed by atoms with Crippen LogP contribution < -0.4 is 26.0 Å². The third kappa shape index (κ3) is 9.02. The third-order valence-electron chi connectivity index (χ3n) is 5.83. The van der Waals surface area contributed by atoms with Crippen LogP contribution in [0.15, 0.2) is 67.0 Å². The van der Waals surface area contributed by atoms with Crippen LogP contribution in [0.3, 0.4) is 0 Å². The smallest absolute Gasteiger partial charge is 0.407 e. The van der Waals surface area contributed by atoms with Crippen molar-refractivity contribution in [3.8, 4) is 22.9 Å². The molecule has 2 aromatic carbocycles. The maximum Gasteiger partial charge on any atom is 0.407 e. The number of aryl methyl sites for hydroxylation is 1. The van der Waals surface area contributed by atoms with Gasteiger partial charge in [-0.25, -0.2) is 18.4 Å². The largest absolute Gasteiger partial charge is 0.457 e. The van der Waals surface area contributed by atoms with Crippen LogP contribution in [0.25, 0.3) is 11.4 Å². The zero-order valence-electron chi connectivity index (χ0n) is 24.5. The van der Waals surface area contributed by atoms with E-state index < -0.39 is 29.4 Å². The number of urea groups is 1. The highest BCUT2D eigenvalue weighted by Gasteiger charge is 2.16. The van der Waals surface area contributed by atoms with Crippen LogP contribution >= 0.6 is 0 Å². The van der Waals surface area contributed by atoms with Gasteiger partial charge in [-0.15, -0.1) is 0 Å². The standard InChI is InChI=1S/C31H32F2N6O5/c1-18-5-7-22(32)25(13-18)39-29(41)38-24-8-6-20(15-23(24)33)43-21-9-10-34-27(16-21)26-14-19(17-37-26)28(40)35-11-12-36-30(42)44-31(2,3)4/h5-10,13-17,37H,11-12H2,1-4H3,(H,35,40)(H,36,42)(H2,38,39,41). The number of benzene rings is 2. The Morgan fingerprint density at radius 2 is 1.59 bits per heavy atom. The van der Waals surface area contributed by atoms with Crippen molar-refractivity contribution in [2.75, 3.05) is 23.7 Å². The number of aromatic nitrogens is 2. The van der Waals surface area contributed by atoms with Crippen LogP contribution in [0.4, 0.5) is 29.7 Å². The molecule has 4 rings (SSSR count). The summed E-state index contributed by atoms with van der Waals surface area (Å²) in [6, 6.07) is 12.1. The average Bonchev–Trinajstić information content (AvgIpc) is 3.44. The molecule has 2 heterocycles. The number of H-pyrrole nitrogens is 1. The molecule has 0 fully saturated rings. The minimum atomic E-state index is -0.808. The highest BCUT2D eigenvalue weighted by Crippen LogP contribution is 2.28. The van der Waals surface area contributed by atoms with E-state index in [0.717, 1.165) is 11.6 Å². The van der Waals surface area contributed by atoms with Crippen molar-refractivity contribution in [2.24, 2.45) is 0 Å². The molecule has 44 heavy (non-hydrogen) atoms. The normalized spacial score (nSPS) is 11.0. The van der Waals surface area contributed by atoms with Crippen molar-refractivity contribution in [1.82, 2.24) is 20.6 Å². The molecule has 0 bridgehead atoms. The van der Waals surface area contributed by atoms with Crippen molar-refractivity contribution < 1.29 is 32.6 Å². The molecule has 0 unspecified atom stereocenters. The molecule has 0 radical (unpaired) electrons. The number of halogens is 2. The fraction of sp³-hybridized carbons (Fsp3) is 0.226. The van der Waals surface area contributed by atoms with Gasteiger partial charge in [0.1, 0.15) is 28.7 Å². The Bertz CT molecular complexity index is 1670. The van der Waals surface area contributed by atoms with E-state index in [4.69, 9.17) is 9.47 Å². The highest BCUT2D eigenvalue weighted by atomic mass is 19.1. The van der Waals surface area contributed by atoms with Crippen LogP contribution in [0.2, 0.25) is 0 Å². The molecule has 0 aliphatic heterocycles. The monoisotopic (exact) mass is 606 g/mol. The lowest BCUT2D eigenvalue weighted by Crippen LogP contribution is -2.37. The molecule has 0 aliphatic carbocycles. The molecule has 0 saturated carbocycles. The van der Waals surface area contributed by atoms with Crippen molar-refractivity contribution in [1.29, 1.82) is 0 Å². The van der Waals surface area contributed by atoms with E-state index in [1.807, 2.05) is 0 Å². The molecule has 11 nitrogen and oxygen atoms in total. The van der Waals surface area contributed by atoms with Crippen LogP contribution in [-0.2, 0) is 4.74 Å². The highest BCUT2D eigenvalue weighted by molar-refractivity contribution is 6.00. The lowest BCUT2D eigenvalue weighted by molar-refractivity contribution is 0.0526. The molecule has 5 N–H and O–H groups in total. The van der Waals surface area contributed by atoms with Gasteiger partial charge >= 0.3 is 12.1 Å². The summed E-state index contributed by atoms with van der Waals surface area (Å²) in [5.41, 5.74) is 1.33. The number of nitrogens with one attached hydrogen (secondary N) is 5. The summed E-state index contributed by atoms with van der Waals surface area (Å²) >= 11 is 0. The number of anilines is 2. The van der Waals surface area contributed by atoms with Gasteiger partial charge in [-0.1, -0.05) is 6.07 Å². The predicted octanol–water partition coefficient (Wildman–Crippen LogP) is 6.35. The maximum absolute atomic E-state index is 14.8. The third-order valence-corrected chi connectivity index (χ3v) is 5.83. The number of alkyl carbamates (subject to hydrolysis) is 1. The first-order chi connectivity index (χ1) is 20.9. The Kier molecular flexibility index (Phi) is 9.78. The Labute approximate surface area is 252 Å². The van der Waals surface area contributed by atoms with Crippen LogP contribution in [0.5, 0.6) is 11.5 Å². The zero-order chi connectivity index (χ0) is 31.9. The van der Waals surface area contributed by atoms with Crippen LogP contribution in [-0.4, -0.2) is 46.7 Å². The summed E-state index contributed by atoms with van der Waals surface area (Å²) in [5.74, 6) is -1.24. The fourth-order valence-corrected chi connectivity index (χ4v) is 3.86. The van der Waals surface area contributed by atoms with Gasteiger partial charge in [0.15, 0.2) is 0 Å². The molecular weight excluding hydrogens is 574 g/mol. The van der Waals surface area contributed by atoms with Gasteiger partial charge in [-0.3, -0.25) is 9.78 Å².